The topological polar surface area (TPSA) is 51.3 Å². The van der Waals surface area contributed by atoms with Gasteiger partial charge in [-0.2, -0.15) is 0 Å². The molecule has 0 radical (unpaired) electrons. The van der Waals surface area contributed by atoms with E-state index in [4.69, 9.17) is 5.73 Å². The number of carbonyl (C=O) groups excluding carboxylic acids is 1. The molecule has 0 spiro atoms. The number of aromatic nitrogens is 1. The number of nitrogens with two attached hydrogens (primary N) is 1. The van der Waals surface area contributed by atoms with Crippen LogP contribution >= 0.6 is 0 Å². The maximum absolute atomic E-state index is 12.6. The van der Waals surface area contributed by atoms with Gasteiger partial charge in [0.05, 0.1) is 5.69 Å². The lowest BCUT2D eigenvalue weighted by molar-refractivity contribution is 0.0540. The van der Waals surface area contributed by atoms with Gasteiger partial charge in [-0.1, -0.05) is 6.92 Å². The fourth-order valence-corrected chi connectivity index (χ4v) is 2.74. The maximum atomic E-state index is 12.6. The Balaban J connectivity index is 2.24. The number of nitrogens with zero attached hydrogens (tertiary/aromatic N) is 2. The first-order chi connectivity index (χ1) is 8.54. The van der Waals surface area contributed by atoms with Crippen molar-refractivity contribution in [3.63, 3.8) is 0 Å². The van der Waals surface area contributed by atoms with Crippen LogP contribution < -0.4 is 5.73 Å². The van der Waals surface area contributed by atoms with Crippen molar-refractivity contribution < 1.29 is 4.79 Å². The summed E-state index contributed by atoms with van der Waals surface area (Å²) in [6.45, 7) is 8.02. The maximum Gasteiger partial charge on any atom is 0.270 e. The number of rotatable bonds is 2. The molecular formula is C14H23N3O. The van der Waals surface area contributed by atoms with E-state index in [1.165, 1.54) is 6.42 Å². The van der Waals surface area contributed by atoms with E-state index in [1.54, 1.807) is 6.07 Å². The van der Waals surface area contributed by atoms with E-state index >= 15 is 0 Å². The number of anilines is 1. The molecule has 1 amide bonds. The van der Waals surface area contributed by atoms with Crippen LogP contribution in [0, 0.1) is 5.92 Å². The zero-order chi connectivity index (χ0) is 13.3. The van der Waals surface area contributed by atoms with Crippen molar-refractivity contribution in [3.05, 3.63) is 18.0 Å². The molecule has 1 aliphatic heterocycles. The Morgan fingerprint density at radius 3 is 2.89 bits per heavy atom. The molecule has 2 rings (SSSR count). The summed E-state index contributed by atoms with van der Waals surface area (Å²) >= 11 is 0. The van der Waals surface area contributed by atoms with Crippen LogP contribution in [0.3, 0.4) is 0 Å². The largest absolute Gasteiger partial charge is 0.397 e. The first kappa shape index (κ1) is 13.0. The van der Waals surface area contributed by atoms with Crippen molar-refractivity contribution in [2.45, 2.75) is 46.2 Å². The van der Waals surface area contributed by atoms with Crippen LogP contribution in [-0.4, -0.2) is 28.0 Å². The van der Waals surface area contributed by atoms with E-state index in [-0.39, 0.29) is 5.91 Å². The van der Waals surface area contributed by atoms with E-state index in [1.807, 2.05) is 22.6 Å². The summed E-state index contributed by atoms with van der Waals surface area (Å²) in [5.41, 5.74) is 7.18. The molecule has 4 heteroatoms. The highest BCUT2D eigenvalue weighted by molar-refractivity contribution is 5.94. The summed E-state index contributed by atoms with van der Waals surface area (Å²) in [7, 11) is 0. The van der Waals surface area contributed by atoms with Crippen LogP contribution in [0.2, 0.25) is 0 Å². The molecule has 2 atom stereocenters. The third kappa shape index (κ3) is 2.24. The minimum absolute atomic E-state index is 0.118. The Kier molecular flexibility index (Phi) is 3.64. The van der Waals surface area contributed by atoms with Crippen molar-refractivity contribution >= 4 is 11.6 Å². The summed E-state index contributed by atoms with van der Waals surface area (Å²) in [4.78, 5) is 14.6. The van der Waals surface area contributed by atoms with Crippen LogP contribution in [-0.2, 0) is 6.54 Å². The van der Waals surface area contributed by atoms with E-state index < -0.39 is 0 Å². The van der Waals surface area contributed by atoms with Gasteiger partial charge in [-0.3, -0.25) is 4.79 Å². The van der Waals surface area contributed by atoms with Gasteiger partial charge in [0.25, 0.3) is 5.91 Å². The molecule has 2 N–H and O–H groups in total. The SMILES string of the molecule is CCn1cc(N)cc1C(=O)N1CCCC(C)C1C. The van der Waals surface area contributed by atoms with Crippen molar-refractivity contribution in [1.29, 1.82) is 0 Å². The van der Waals surface area contributed by atoms with Crippen LogP contribution in [0.4, 0.5) is 5.69 Å². The van der Waals surface area contributed by atoms with Crippen molar-refractivity contribution in [1.82, 2.24) is 9.47 Å². The summed E-state index contributed by atoms with van der Waals surface area (Å²) in [5, 5.41) is 0. The predicted octanol–water partition coefficient (Wildman–Crippen LogP) is 2.35. The molecule has 2 heterocycles. The molecule has 4 nitrogen and oxygen atoms in total. The minimum Gasteiger partial charge on any atom is -0.397 e. The molecule has 18 heavy (non-hydrogen) atoms. The lowest BCUT2D eigenvalue weighted by Gasteiger charge is -2.38. The Bertz CT molecular complexity index is 438. The Labute approximate surface area is 109 Å². The van der Waals surface area contributed by atoms with Crippen LogP contribution in [0.1, 0.15) is 44.1 Å². The average molecular weight is 249 g/mol. The normalized spacial score (nSPS) is 24.3. The molecule has 0 bridgehead atoms. The van der Waals surface area contributed by atoms with E-state index in [0.29, 0.717) is 17.6 Å². The van der Waals surface area contributed by atoms with Crippen molar-refractivity contribution in [2.24, 2.45) is 5.92 Å². The zero-order valence-electron chi connectivity index (χ0n) is 11.5. The van der Waals surface area contributed by atoms with Gasteiger partial charge in [0, 0.05) is 25.3 Å². The molecular weight excluding hydrogens is 226 g/mol. The molecule has 1 fully saturated rings. The Morgan fingerprint density at radius 2 is 2.22 bits per heavy atom. The van der Waals surface area contributed by atoms with Gasteiger partial charge in [-0.05, 0) is 38.7 Å². The lowest BCUT2D eigenvalue weighted by Crippen LogP contribution is -2.46. The standard InChI is InChI=1S/C14H23N3O/c1-4-16-9-12(15)8-13(16)14(18)17-7-5-6-10(2)11(17)3/h8-11H,4-7,15H2,1-3H3. The molecule has 0 aromatic carbocycles. The smallest absolute Gasteiger partial charge is 0.270 e. The molecule has 100 valence electrons. The number of hydrogen-bond donors (Lipinski definition) is 1. The highest BCUT2D eigenvalue weighted by atomic mass is 16.2. The number of hydrogen-bond acceptors (Lipinski definition) is 2. The summed E-state index contributed by atoms with van der Waals surface area (Å²) < 4.78 is 1.93. The monoisotopic (exact) mass is 249 g/mol. The first-order valence-electron chi connectivity index (χ1n) is 6.81. The molecule has 1 saturated heterocycles. The van der Waals surface area contributed by atoms with Crippen LogP contribution in [0.15, 0.2) is 12.3 Å². The zero-order valence-corrected chi connectivity index (χ0v) is 11.5. The molecule has 0 aliphatic carbocycles. The number of piperidine rings is 1. The average Bonchev–Trinajstić information content (AvgIpc) is 2.73. The number of nitrogen functional groups attached to an aromatic ring is 1. The van der Waals surface area contributed by atoms with Crippen molar-refractivity contribution in [3.8, 4) is 0 Å². The van der Waals surface area contributed by atoms with E-state index in [9.17, 15) is 4.79 Å². The van der Waals surface area contributed by atoms with Gasteiger partial charge in [0.1, 0.15) is 5.69 Å². The van der Waals surface area contributed by atoms with E-state index in [2.05, 4.69) is 13.8 Å². The number of amides is 1. The van der Waals surface area contributed by atoms with Gasteiger partial charge in [0.15, 0.2) is 0 Å². The van der Waals surface area contributed by atoms with Gasteiger partial charge in [0.2, 0.25) is 0 Å². The highest BCUT2D eigenvalue weighted by Gasteiger charge is 2.30. The van der Waals surface area contributed by atoms with Crippen LogP contribution in [0.5, 0.6) is 0 Å². The number of likely N-dealkylation sites (tertiary alicyclic amines) is 1. The second-order valence-electron chi connectivity index (χ2n) is 5.30. The summed E-state index contributed by atoms with van der Waals surface area (Å²) in [6, 6.07) is 2.10. The highest BCUT2D eigenvalue weighted by Crippen LogP contribution is 2.25. The predicted molar refractivity (Wildman–Crippen MR) is 73.4 cm³/mol. The number of carbonyl (C=O) groups is 1. The minimum atomic E-state index is 0.118. The molecule has 2 unspecified atom stereocenters. The van der Waals surface area contributed by atoms with Gasteiger partial charge in [-0.25, -0.2) is 0 Å². The molecule has 1 aliphatic rings. The lowest BCUT2D eigenvalue weighted by atomic mass is 9.92. The second-order valence-corrected chi connectivity index (χ2v) is 5.30. The van der Waals surface area contributed by atoms with Gasteiger partial charge >= 0.3 is 0 Å². The van der Waals surface area contributed by atoms with Gasteiger partial charge < -0.3 is 15.2 Å². The fraction of sp³-hybridized carbons (Fsp3) is 0.643. The fourth-order valence-electron chi connectivity index (χ4n) is 2.74. The quantitative estimate of drug-likeness (QED) is 0.874. The number of aryl methyl sites for hydroxylation is 1. The third-order valence-electron chi connectivity index (χ3n) is 4.11. The van der Waals surface area contributed by atoms with E-state index in [0.717, 1.165) is 25.2 Å². The second kappa shape index (κ2) is 5.04. The molecule has 1 aromatic heterocycles. The summed E-state index contributed by atoms with van der Waals surface area (Å²) in [6.07, 6.45) is 4.15. The van der Waals surface area contributed by atoms with Crippen LogP contribution in [0.25, 0.3) is 0 Å². The Morgan fingerprint density at radius 1 is 1.50 bits per heavy atom. The van der Waals surface area contributed by atoms with Gasteiger partial charge in [-0.15, -0.1) is 0 Å². The third-order valence-corrected chi connectivity index (χ3v) is 4.11. The first-order valence-corrected chi connectivity index (χ1v) is 6.81. The molecule has 0 saturated carbocycles. The Hall–Kier alpha value is -1.45. The molecule has 1 aromatic rings. The summed E-state index contributed by atoms with van der Waals surface area (Å²) in [5.74, 6) is 0.692. The van der Waals surface area contributed by atoms with Crippen molar-refractivity contribution in [2.75, 3.05) is 12.3 Å².